The zero-order chi connectivity index (χ0) is 33.0. The molecule has 14 heteroatoms. The Labute approximate surface area is 259 Å². The molecule has 0 saturated carbocycles. The summed E-state index contributed by atoms with van der Waals surface area (Å²) in [6, 6.07) is 14.7. The summed E-state index contributed by atoms with van der Waals surface area (Å²) in [4.78, 5) is 27.1. The predicted octanol–water partition coefficient (Wildman–Crippen LogP) is 7.04. The standard InChI is InChI=1S/C32H26F5N3O6/c1-17-14-20(9-11-23(17)30(42)43-3)29(41)39-13-5-8-24-27(31(33,34)35)38-40(28(24)39)21-6-4-7-22(16-21)44-18(2)19-10-12-25-26(15-19)46-32(36,37)45-25/h4,6-7,9-12,14-16,18H,5,8,13H2,1-3H3/t18-/m0/s1. The van der Waals surface area contributed by atoms with Gasteiger partial charge in [-0.3, -0.25) is 9.69 Å². The van der Waals surface area contributed by atoms with Crippen molar-refractivity contribution in [2.24, 2.45) is 0 Å². The number of carbonyl (C=O) groups is 2. The molecule has 1 atom stereocenters. The minimum atomic E-state index is -4.79. The van der Waals surface area contributed by atoms with Crippen molar-refractivity contribution in [3.8, 4) is 22.9 Å². The molecule has 2 aliphatic heterocycles. The number of carbonyl (C=O) groups excluding carboxylic acids is 2. The van der Waals surface area contributed by atoms with Crippen LogP contribution in [0.4, 0.5) is 27.8 Å². The fraction of sp³-hybridized carbons (Fsp3) is 0.281. The number of halogens is 5. The number of fused-ring (bicyclic) bond motifs is 2. The lowest BCUT2D eigenvalue weighted by Crippen LogP contribution is -2.37. The Morgan fingerprint density at radius 2 is 1.78 bits per heavy atom. The molecule has 0 N–H and O–H groups in total. The number of ether oxygens (including phenoxy) is 4. The van der Waals surface area contributed by atoms with E-state index in [0.717, 1.165) is 4.68 Å². The van der Waals surface area contributed by atoms with E-state index < -0.39 is 36.1 Å². The number of benzene rings is 3. The van der Waals surface area contributed by atoms with E-state index >= 15 is 0 Å². The highest BCUT2D eigenvalue weighted by atomic mass is 19.4. The van der Waals surface area contributed by atoms with E-state index in [2.05, 4.69) is 14.6 Å². The van der Waals surface area contributed by atoms with E-state index in [1.807, 2.05) is 0 Å². The number of aromatic nitrogens is 2. The summed E-state index contributed by atoms with van der Waals surface area (Å²) in [6.45, 7) is 3.42. The summed E-state index contributed by atoms with van der Waals surface area (Å²) in [5.41, 5.74) is 0.347. The molecule has 3 aromatic carbocycles. The van der Waals surface area contributed by atoms with Crippen molar-refractivity contribution in [1.29, 1.82) is 0 Å². The minimum absolute atomic E-state index is 0.0276. The number of methoxy groups -OCH3 is 1. The lowest BCUT2D eigenvalue weighted by atomic mass is 10.0. The van der Waals surface area contributed by atoms with Gasteiger partial charge in [0.15, 0.2) is 17.2 Å². The molecule has 0 aliphatic carbocycles. The third-order valence-corrected chi connectivity index (χ3v) is 7.68. The van der Waals surface area contributed by atoms with Crippen molar-refractivity contribution in [2.45, 2.75) is 45.3 Å². The van der Waals surface area contributed by atoms with Crippen LogP contribution in [0.2, 0.25) is 0 Å². The molecule has 0 radical (unpaired) electrons. The Hall–Kier alpha value is -5.14. The van der Waals surface area contributed by atoms with Crippen LogP contribution in [0.5, 0.6) is 17.2 Å². The normalized spacial score (nSPS) is 15.7. The number of aryl methyl sites for hydroxylation is 1. The average molecular weight is 644 g/mol. The molecule has 1 aromatic heterocycles. The molecular formula is C32H26F5N3O6. The summed E-state index contributed by atoms with van der Waals surface area (Å²) in [5.74, 6) is -1.21. The van der Waals surface area contributed by atoms with Crippen LogP contribution in [0.15, 0.2) is 60.7 Å². The molecule has 9 nitrogen and oxygen atoms in total. The molecule has 240 valence electrons. The number of amides is 1. The van der Waals surface area contributed by atoms with E-state index in [-0.39, 0.29) is 64.8 Å². The second-order valence-corrected chi connectivity index (χ2v) is 10.8. The Morgan fingerprint density at radius 1 is 1.02 bits per heavy atom. The van der Waals surface area contributed by atoms with Crippen molar-refractivity contribution >= 4 is 17.7 Å². The van der Waals surface area contributed by atoms with Gasteiger partial charge >= 0.3 is 18.4 Å². The second kappa shape index (κ2) is 11.3. The van der Waals surface area contributed by atoms with Crippen molar-refractivity contribution in [2.75, 3.05) is 18.6 Å². The number of esters is 1. The molecule has 0 bridgehead atoms. The van der Waals surface area contributed by atoms with Crippen molar-refractivity contribution in [3.63, 3.8) is 0 Å². The van der Waals surface area contributed by atoms with Gasteiger partial charge in [0.1, 0.15) is 17.7 Å². The molecule has 0 saturated heterocycles. The van der Waals surface area contributed by atoms with Gasteiger partial charge in [0.05, 0.1) is 18.4 Å². The highest BCUT2D eigenvalue weighted by Gasteiger charge is 2.44. The first-order chi connectivity index (χ1) is 21.8. The van der Waals surface area contributed by atoms with Crippen LogP contribution in [0.1, 0.15) is 62.5 Å². The number of anilines is 1. The molecule has 2 aliphatic rings. The Balaban J connectivity index is 1.35. The predicted molar refractivity (Wildman–Crippen MR) is 153 cm³/mol. The average Bonchev–Trinajstić information content (AvgIpc) is 3.56. The van der Waals surface area contributed by atoms with E-state index in [9.17, 15) is 31.5 Å². The van der Waals surface area contributed by atoms with Crippen LogP contribution in [-0.4, -0.2) is 41.6 Å². The van der Waals surface area contributed by atoms with Crippen LogP contribution in [-0.2, 0) is 17.3 Å². The quantitative estimate of drug-likeness (QED) is 0.164. The van der Waals surface area contributed by atoms with Gasteiger partial charge in [-0.05, 0) is 80.3 Å². The van der Waals surface area contributed by atoms with Crippen LogP contribution < -0.4 is 19.1 Å². The maximum atomic E-state index is 14.2. The fourth-order valence-electron chi connectivity index (χ4n) is 5.54. The number of rotatable bonds is 6. The van der Waals surface area contributed by atoms with E-state index in [1.165, 1.54) is 60.5 Å². The fourth-order valence-corrected chi connectivity index (χ4v) is 5.54. The van der Waals surface area contributed by atoms with Crippen LogP contribution >= 0.6 is 0 Å². The van der Waals surface area contributed by atoms with Crippen LogP contribution in [0, 0.1) is 6.92 Å². The van der Waals surface area contributed by atoms with Gasteiger partial charge in [-0.25, -0.2) is 9.48 Å². The topological polar surface area (TPSA) is 92.1 Å². The summed E-state index contributed by atoms with van der Waals surface area (Å²) in [5, 5.41) is 3.94. The molecule has 3 heterocycles. The highest BCUT2D eigenvalue weighted by molar-refractivity contribution is 6.07. The summed E-state index contributed by atoms with van der Waals surface area (Å²) in [6.07, 6.45) is -8.94. The smallest absolute Gasteiger partial charge is 0.486 e. The van der Waals surface area contributed by atoms with Crippen molar-refractivity contribution in [1.82, 2.24) is 9.78 Å². The first kappa shape index (κ1) is 30.9. The zero-order valence-electron chi connectivity index (χ0n) is 24.7. The summed E-state index contributed by atoms with van der Waals surface area (Å²) in [7, 11) is 1.23. The molecule has 0 fully saturated rings. The summed E-state index contributed by atoms with van der Waals surface area (Å²) >= 11 is 0. The third kappa shape index (κ3) is 5.70. The van der Waals surface area contributed by atoms with E-state index in [4.69, 9.17) is 9.47 Å². The number of nitrogens with zero attached hydrogens (tertiary/aromatic N) is 3. The maximum Gasteiger partial charge on any atom is 0.586 e. The van der Waals surface area contributed by atoms with Gasteiger partial charge < -0.3 is 18.9 Å². The molecule has 1 amide bonds. The van der Waals surface area contributed by atoms with Crippen molar-refractivity contribution < 1.29 is 50.5 Å². The number of hydrogen-bond acceptors (Lipinski definition) is 7. The van der Waals surface area contributed by atoms with Gasteiger partial charge in [-0.1, -0.05) is 12.1 Å². The maximum absolute atomic E-state index is 14.2. The Kier molecular flexibility index (Phi) is 7.61. The second-order valence-electron chi connectivity index (χ2n) is 10.8. The lowest BCUT2D eigenvalue weighted by molar-refractivity contribution is -0.286. The van der Waals surface area contributed by atoms with Crippen molar-refractivity contribution in [3.05, 3.63) is 94.2 Å². The number of hydrogen-bond donors (Lipinski definition) is 0. The van der Waals surface area contributed by atoms with Crippen LogP contribution in [0.25, 0.3) is 5.69 Å². The third-order valence-electron chi connectivity index (χ3n) is 7.68. The molecule has 6 rings (SSSR count). The van der Waals surface area contributed by atoms with E-state index in [0.29, 0.717) is 11.1 Å². The van der Waals surface area contributed by atoms with Gasteiger partial charge in [0.25, 0.3) is 5.91 Å². The SMILES string of the molecule is COC(=O)c1ccc(C(=O)N2CCCc3c(C(F)(F)F)nn(-c4cccc(O[C@@H](C)c5ccc6c(c5)OC(F)(F)O6)c4)c32)cc1C. The first-order valence-corrected chi connectivity index (χ1v) is 14.1. The van der Waals surface area contributed by atoms with Gasteiger partial charge in [-0.2, -0.15) is 18.3 Å². The molecule has 0 unspecified atom stereocenters. The molecular weight excluding hydrogens is 617 g/mol. The lowest BCUT2D eigenvalue weighted by Gasteiger charge is -2.29. The summed E-state index contributed by atoms with van der Waals surface area (Å²) < 4.78 is 90.4. The largest absolute Gasteiger partial charge is 0.586 e. The van der Waals surface area contributed by atoms with Gasteiger partial charge in [-0.15, -0.1) is 8.78 Å². The van der Waals surface area contributed by atoms with Gasteiger partial charge in [0, 0.05) is 23.7 Å². The Morgan fingerprint density at radius 3 is 2.50 bits per heavy atom. The molecule has 0 spiro atoms. The van der Waals surface area contributed by atoms with Crippen LogP contribution in [0.3, 0.4) is 0 Å². The van der Waals surface area contributed by atoms with Gasteiger partial charge in [0.2, 0.25) is 0 Å². The minimum Gasteiger partial charge on any atom is -0.486 e. The zero-order valence-corrected chi connectivity index (χ0v) is 24.7. The number of alkyl halides is 5. The monoisotopic (exact) mass is 643 g/mol. The Bertz CT molecular complexity index is 1850. The molecule has 46 heavy (non-hydrogen) atoms. The van der Waals surface area contributed by atoms with E-state index in [1.54, 1.807) is 26.0 Å². The molecule has 4 aromatic rings. The highest BCUT2D eigenvalue weighted by Crippen LogP contribution is 2.43. The first-order valence-electron chi connectivity index (χ1n) is 14.1.